The Bertz CT molecular complexity index is 635. The van der Waals surface area contributed by atoms with E-state index in [0.717, 1.165) is 42.9 Å². The number of fused-ring (bicyclic) bond motifs is 1. The molecule has 0 unspecified atom stereocenters. The van der Waals surface area contributed by atoms with E-state index in [4.69, 9.17) is 0 Å². The van der Waals surface area contributed by atoms with Crippen LogP contribution in [0.4, 0.5) is 4.39 Å². The molecule has 20 heavy (non-hydrogen) atoms. The minimum Gasteiger partial charge on any atom is -0.312 e. The lowest BCUT2D eigenvalue weighted by molar-refractivity contribution is 0.616. The Morgan fingerprint density at radius 2 is 2.15 bits per heavy atom. The van der Waals surface area contributed by atoms with Gasteiger partial charge in [-0.2, -0.15) is 0 Å². The normalized spacial score (nSPS) is 14.2. The lowest BCUT2D eigenvalue weighted by atomic mass is 10.0. The maximum atomic E-state index is 13.4. The van der Waals surface area contributed by atoms with Crippen LogP contribution in [0.3, 0.4) is 0 Å². The zero-order valence-corrected chi connectivity index (χ0v) is 11.8. The van der Waals surface area contributed by atoms with Gasteiger partial charge in [0.25, 0.3) is 0 Å². The monoisotopic (exact) mass is 271 g/mol. The quantitative estimate of drug-likeness (QED) is 0.912. The standard InChI is InChI=1S/C16H18FN3/c1-3-14-12-9-18-7-6-15(12)20-16(19-14)11-4-5-13(17)10(2)8-11/h4-5,8,18H,3,6-7,9H2,1-2H3. The second kappa shape index (κ2) is 5.29. The third-order valence-corrected chi connectivity index (χ3v) is 3.77. The van der Waals surface area contributed by atoms with Crippen LogP contribution in [0.5, 0.6) is 0 Å². The Morgan fingerprint density at radius 3 is 2.90 bits per heavy atom. The van der Waals surface area contributed by atoms with E-state index >= 15 is 0 Å². The minimum atomic E-state index is -0.188. The fourth-order valence-electron chi connectivity index (χ4n) is 2.62. The molecule has 1 aromatic carbocycles. The number of hydrogen-bond acceptors (Lipinski definition) is 3. The Morgan fingerprint density at radius 1 is 1.30 bits per heavy atom. The molecule has 0 amide bonds. The number of halogens is 1. The highest BCUT2D eigenvalue weighted by Gasteiger charge is 2.17. The van der Waals surface area contributed by atoms with Gasteiger partial charge in [0.15, 0.2) is 5.82 Å². The Balaban J connectivity index is 2.11. The largest absolute Gasteiger partial charge is 0.312 e. The van der Waals surface area contributed by atoms with Crippen molar-refractivity contribution in [1.82, 2.24) is 15.3 Å². The van der Waals surface area contributed by atoms with Gasteiger partial charge in [0, 0.05) is 36.3 Å². The van der Waals surface area contributed by atoms with E-state index in [2.05, 4.69) is 22.2 Å². The number of rotatable bonds is 2. The van der Waals surface area contributed by atoms with E-state index in [0.29, 0.717) is 11.4 Å². The fourth-order valence-corrected chi connectivity index (χ4v) is 2.62. The fraction of sp³-hybridized carbons (Fsp3) is 0.375. The van der Waals surface area contributed by atoms with Crippen LogP contribution in [-0.2, 0) is 19.4 Å². The van der Waals surface area contributed by atoms with Gasteiger partial charge in [-0.15, -0.1) is 0 Å². The zero-order chi connectivity index (χ0) is 14.1. The maximum absolute atomic E-state index is 13.4. The summed E-state index contributed by atoms with van der Waals surface area (Å²) in [7, 11) is 0. The summed E-state index contributed by atoms with van der Waals surface area (Å²) in [6.45, 7) is 5.68. The van der Waals surface area contributed by atoms with E-state index in [1.807, 2.05) is 6.07 Å². The van der Waals surface area contributed by atoms with Crippen molar-refractivity contribution in [1.29, 1.82) is 0 Å². The summed E-state index contributed by atoms with van der Waals surface area (Å²) < 4.78 is 13.4. The van der Waals surface area contributed by atoms with Gasteiger partial charge in [-0.25, -0.2) is 14.4 Å². The molecule has 0 radical (unpaired) electrons. The molecule has 0 atom stereocenters. The molecule has 1 N–H and O–H groups in total. The number of aromatic nitrogens is 2. The van der Waals surface area contributed by atoms with Gasteiger partial charge < -0.3 is 5.32 Å². The zero-order valence-electron chi connectivity index (χ0n) is 11.8. The lowest BCUT2D eigenvalue weighted by Crippen LogP contribution is -2.26. The van der Waals surface area contributed by atoms with E-state index < -0.39 is 0 Å². The maximum Gasteiger partial charge on any atom is 0.159 e. The molecule has 0 saturated carbocycles. The molecule has 0 aliphatic carbocycles. The van der Waals surface area contributed by atoms with Crippen LogP contribution in [0.1, 0.15) is 29.4 Å². The molecule has 4 heteroatoms. The average molecular weight is 271 g/mol. The third-order valence-electron chi connectivity index (χ3n) is 3.77. The van der Waals surface area contributed by atoms with Gasteiger partial charge in [0.1, 0.15) is 5.82 Å². The smallest absolute Gasteiger partial charge is 0.159 e. The van der Waals surface area contributed by atoms with E-state index in [9.17, 15) is 4.39 Å². The predicted molar refractivity (Wildman–Crippen MR) is 77.0 cm³/mol. The summed E-state index contributed by atoms with van der Waals surface area (Å²) in [5.74, 6) is 0.525. The summed E-state index contributed by atoms with van der Waals surface area (Å²) in [6.07, 6.45) is 1.82. The summed E-state index contributed by atoms with van der Waals surface area (Å²) in [4.78, 5) is 9.36. The van der Waals surface area contributed by atoms with Gasteiger partial charge in [-0.05, 0) is 37.1 Å². The number of nitrogens with one attached hydrogen (secondary N) is 1. The van der Waals surface area contributed by atoms with Crippen molar-refractivity contribution in [2.45, 2.75) is 33.2 Å². The van der Waals surface area contributed by atoms with Crippen LogP contribution in [0.25, 0.3) is 11.4 Å². The third kappa shape index (κ3) is 2.31. The molecule has 1 aromatic heterocycles. The van der Waals surface area contributed by atoms with Crippen LogP contribution in [0, 0.1) is 12.7 Å². The van der Waals surface area contributed by atoms with Crippen molar-refractivity contribution in [3.8, 4) is 11.4 Å². The molecule has 0 fully saturated rings. The molecular formula is C16H18FN3. The highest BCUT2D eigenvalue weighted by atomic mass is 19.1. The average Bonchev–Trinajstić information content (AvgIpc) is 2.49. The van der Waals surface area contributed by atoms with E-state index in [1.165, 1.54) is 11.6 Å². The van der Waals surface area contributed by atoms with E-state index in [1.54, 1.807) is 13.0 Å². The van der Waals surface area contributed by atoms with Gasteiger partial charge in [-0.3, -0.25) is 0 Å². The minimum absolute atomic E-state index is 0.188. The van der Waals surface area contributed by atoms with Crippen molar-refractivity contribution >= 4 is 0 Å². The molecule has 3 nitrogen and oxygen atoms in total. The molecular weight excluding hydrogens is 253 g/mol. The summed E-state index contributed by atoms with van der Waals surface area (Å²) >= 11 is 0. The van der Waals surface area contributed by atoms with Crippen LogP contribution in [0.15, 0.2) is 18.2 Å². The Hall–Kier alpha value is -1.81. The first-order valence-electron chi connectivity index (χ1n) is 7.05. The van der Waals surface area contributed by atoms with Gasteiger partial charge >= 0.3 is 0 Å². The molecule has 0 spiro atoms. The number of hydrogen-bond donors (Lipinski definition) is 1. The molecule has 0 bridgehead atoms. The number of benzene rings is 1. The van der Waals surface area contributed by atoms with Crippen LogP contribution in [0.2, 0.25) is 0 Å². The van der Waals surface area contributed by atoms with Gasteiger partial charge in [0.05, 0.1) is 5.69 Å². The molecule has 3 rings (SSSR count). The highest BCUT2D eigenvalue weighted by Crippen LogP contribution is 2.23. The topological polar surface area (TPSA) is 37.8 Å². The van der Waals surface area contributed by atoms with Crippen LogP contribution in [-0.4, -0.2) is 16.5 Å². The molecule has 1 aliphatic rings. The SMILES string of the molecule is CCc1nc(-c2ccc(F)c(C)c2)nc2c1CNCC2. The van der Waals surface area contributed by atoms with Crippen LogP contribution >= 0.6 is 0 Å². The van der Waals surface area contributed by atoms with Crippen molar-refractivity contribution in [3.63, 3.8) is 0 Å². The molecule has 104 valence electrons. The summed E-state index contributed by atoms with van der Waals surface area (Å²) in [5, 5.41) is 3.36. The van der Waals surface area contributed by atoms with Crippen molar-refractivity contribution < 1.29 is 4.39 Å². The first-order valence-corrected chi connectivity index (χ1v) is 7.05. The van der Waals surface area contributed by atoms with Gasteiger partial charge in [-0.1, -0.05) is 6.92 Å². The van der Waals surface area contributed by atoms with Crippen molar-refractivity contribution in [3.05, 3.63) is 46.5 Å². The summed E-state index contributed by atoms with van der Waals surface area (Å²) in [5.41, 5.74) is 4.98. The second-order valence-electron chi connectivity index (χ2n) is 5.16. The Kier molecular flexibility index (Phi) is 3.49. The molecule has 1 aliphatic heterocycles. The first-order chi connectivity index (χ1) is 9.69. The summed E-state index contributed by atoms with van der Waals surface area (Å²) in [6, 6.07) is 5.06. The number of nitrogens with zero attached hydrogens (tertiary/aromatic N) is 2. The lowest BCUT2D eigenvalue weighted by Gasteiger charge is -2.19. The number of aryl methyl sites for hydroxylation is 2. The van der Waals surface area contributed by atoms with Crippen molar-refractivity contribution in [2.75, 3.05) is 6.54 Å². The van der Waals surface area contributed by atoms with Crippen LogP contribution < -0.4 is 5.32 Å². The van der Waals surface area contributed by atoms with Crippen molar-refractivity contribution in [2.24, 2.45) is 0 Å². The van der Waals surface area contributed by atoms with E-state index in [-0.39, 0.29) is 5.82 Å². The highest BCUT2D eigenvalue weighted by molar-refractivity contribution is 5.57. The Labute approximate surface area is 118 Å². The second-order valence-corrected chi connectivity index (χ2v) is 5.16. The molecule has 2 aromatic rings. The van der Waals surface area contributed by atoms with Gasteiger partial charge in [0.2, 0.25) is 0 Å². The molecule has 0 saturated heterocycles. The first kappa shape index (κ1) is 13.2. The predicted octanol–water partition coefficient (Wildman–Crippen LogP) is 2.80. The molecule has 2 heterocycles.